The molecule has 1 aliphatic carbocycles. The summed E-state index contributed by atoms with van der Waals surface area (Å²) in [6.07, 6.45) is 4.34. The second-order valence-electron chi connectivity index (χ2n) is 4.76. The molecule has 106 valence electrons. The molecule has 19 heavy (non-hydrogen) atoms. The summed E-state index contributed by atoms with van der Waals surface area (Å²) in [6, 6.07) is 4.72. The Morgan fingerprint density at radius 3 is 2.79 bits per heavy atom. The van der Waals surface area contributed by atoms with Crippen molar-refractivity contribution in [3.8, 4) is 0 Å². The number of anilines is 1. The third kappa shape index (κ3) is 5.22. The van der Waals surface area contributed by atoms with Crippen LogP contribution in [-0.2, 0) is 6.54 Å². The van der Waals surface area contributed by atoms with Crippen LogP contribution in [0.15, 0.2) is 23.3 Å². The fourth-order valence-electron chi connectivity index (χ4n) is 1.62. The van der Waals surface area contributed by atoms with Crippen LogP contribution in [0.2, 0.25) is 0 Å². The summed E-state index contributed by atoms with van der Waals surface area (Å²) in [7, 11) is 5.79. The number of hydrogen-bond donors (Lipinski definition) is 2. The number of aliphatic imine (C=N–C) groups is 1. The lowest BCUT2D eigenvalue weighted by molar-refractivity contribution is 0.804. The molecular weight excluding hydrogens is 353 g/mol. The zero-order valence-electron chi connectivity index (χ0n) is 11.7. The minimum absolute atomic E-state index is 0. The first-order valence-electron chi connectivity index (χ1n) is 6.28. The van der Waals surface area contributed by atoms with Crippen molar-refractivity contribution >= 4 is 35.8 Å². The van der Waals surface area contributed by atoms with Gasteiger partial charge in [0.05, 0.1) is 0 Å². The maximum Gasteiger partial charge on any atom is 0.191 e. The van der Waals surface area contributed by atoms with Gasteiger partial charge in [0, 0.05) is 39.9 Å². The molecule has 1 aromatic rings. The van der Waals surface area contributed by atoms with Gasteiger partial charge in [0.25, 0.3) is 0 Å². The smallest absolute Gasteiger partial charge is 0.191 e. The largest absolute Gasteiger partial charge is 0.363 e. The lowest BCUT2D eigenvalue weighted by Crippen LogP contribution is -2.38. The van der Waals surface area contributed by atoms with Crippen LogP contribution in [0, 0.1) is 0 Å². The Kier molecular flexibility index (Phi) is 6.33. The molecule has 0 unspecified atom stereocenters. The Morgan fingerprint density at radius 2 is 2.21 bits per heavy atom. The Balaban J connectivity index is 0.00000180. The molecule has 2 rings (SSSR count). The maximum absolute atomic E-state index is 4.30. The Hall–Kier alpha value is -1.05. The van der Waals surface area contributed by atoms with E-state index in [1.54, 1.807) is 7.05 Å². The average Bonchev–Trinajstić information content (AvgIpc) is 3.18. The predicted molar refractivity (Wildman–Crippen MR) is 90.3 cm³/mol. The molecule has 6 heteroatoms. The first-order chi connectivity index (χ1) is 8.69. The first-order valence-corrected chi connectivity index (χ1v) is 6.28. The number of rotatable bonds is 4. The summed E-state index contributed by atoms with van der Waals surface area (Å²) >= 11 is 0. The summed E-state index contributed by atoms with van der Waals surface area (Å²) < 4.78 is 0. The van der Waals surface area contributed by atoms with Gasteiger partial charge in [-0.1, -0.05) is 0 Å². The lowest BCUT2D eigenvalue weighted by Gasteiger charge is -2.14. The third-order valence-electron chi connectivity index (χ3n) is 2.87. The fourth-order valence-corrected chi connectivity index (χ4v) is 1.62. The Bertz CT molecular complexity index is 429. The van der Waals surface area contributed by atoms with Crippen molar-refractivity contribution in [1.29, 1.82) is 0 Å². The number of nitrogens with zero attached hydrogens (tertiary/aromatic N) is 3. The van der Waals surface area contributed by atoms with Crippen molar-refractivity contribution in [2.75, 3.05) is 26.0 Å². The van der Waals surface area contributed by atoms with Gasteiger partial charge in [-0.2, -0.15) is 0 Å². The van der Waals surface area contributed by atoms with Gasteiger partial charge in [-0.05, 0) is 30.5 Å². The van der Waals surface area contributed by atoms with Crippen LogP contribution in [0.4, 0.5) is 5.82 Å². The van der Waals surface area contributed by atoms with E-state index in [-0.39, 0.29) is 24.0 Å². The van der Waals surface area contributed by atoms with Crippen LogP contribution in [0.25, 0.3) is 0 Å². The molecule has 5 nitrogen and oxygen atoms in total. The molecule has 1 heterocycles. The predicted octanol–water partition coefficient (Wildman–Crippen LogP) is 1.59. The minimum Gasteiger partial charge on any atom is -0.363 e. The van der Waals surface area contributed by atoms with E-state index in [0.29, 0.717) is 6.04 Å². The molecule has 0 saturated heterocycles. The molecule has 0 aliphatic heterocycles. The number of nitrogens with one attached hydrogen (secondary N) is 2. The van der Waals surface area contributed by atoms with E-state index in [1.807, 2.05) is 31.3 Å². The van der Waals surface area contributed by atoms with Gasteiger partial charge >= 0.3 is 0 Å². The fraction of sp³-hybridized carbons (Fsp3) is 0.538. The van der Waals surface area contributed by atoms with E-state index < -0.39 is 0 Å². The van der Waals surface area contributed by atoms with E-state index in [2.05, 4.69) is 26.7 Å². The topological polar surface area (TPSA) is 52.6 Å². The van der Waals surface area contributed by atoms with Crippen molar-refractivity contribution in [2.45, 2.75) is 25.4 Å². The van der Waals surface area contributed by atoms with Crippen LogP contribution < -0.4 is 15.5 Å². The van der Waals surface area contributed by atoms with Crippen LogP contribution in [-0.4, -0.2) is 38.1 Å². The Labute approximate surface area is 131 Å². The number of hydrogen-bond acceptors (Lipinski definition) is 3. The maximum atomic E-state index is 4.30. The zero-order valence-corrected chi connectivity index (χ0v) is 14.0. The second-order valence-corrected chi connectivity index (χ2v) is 4.76. The summed E-state index contributed by atoms with van der Waals surface area (Å²) in [5, 5.41) is 6.68. The molecule has 0 radical (unpaired) electrons. The Morgan fingerprint density at radius 1 is 1.47 bits per heavy atom. The summed E-state index contributed by atoms with van der Waals surface area (Å²) in [5.74, 6) is 1.85. The van der Waals surface area contributed by atoms with Crippen molar-refractivity contribution in [1.82, 2.24) is 15.6 Å². The van der Waals surface area contributed by atoms with Crippen LogP contribution in [0.1, 0.15) is 18.4 Å². The molecule has 0 spiro atoms. The van der Waals surface area contributed by atoms with Crippen LogP contribution >= 0.6 is 24.0 Å². The van der Waals surface area contributed by atoms with Gasteiger partial charge in [0.2, 0.25) is 0 Å². The highest BCUT2D eigenvalue weighted by atomic mass is 127. The molecule has 0 amide bonds. The SMILES string of the molecule is CN=C(NCc1ccnc(N(C)C)c1)NC1CC1.I. The van der Waals surface area contributed by atoms with Gasteiger partial charge in [-0.25, -0.2) is 4.98 Å². The highest BCUT2D eigenvalue weighted by molar-refractivity contribution is 14.0. The van der Waals surface area contributed by atoms with Crippen LogP contribution in [0.3, 0.4) is 0 Å². The molecule has 0 aromatic carbocycles. The molecular formula is C13H22IN5. The van der Waals surface area contributed by atoms with Crippen LogP contribution in [0.5, 0.6) is 0 Å². The minimum atomic E-state index is 0. The lowest BCUT2D eigenvalue weighted by atomic mass is 10.2. The summed E-state index contributed by atoms with van der Waals surface area (Å²) in [5.41, 5.74) is 1.20. The van der Waals surface area contributed by atoms with Gasteiger partial charge in [-0.3, -0.25) is 4.99 Å². The first kappa shape index (κ1) is 16.0. The third-order valence-corrected chi connectivity index (χ3v) is 2.87. The van der Waals surface area contributed by atoms with Gasteiger partial charge in [0.1, 0.15) is 5.82 Å². The van der Waals surface area contributed by atoms with E-state index in [9.17, 15) is 0 Å². The number of aromatic nitrogens is 1. The van der Waals surface area contributed by atoms with E-state index in [0.717, 1.165) is 18.3 Å². The van der Waals surface area contributed by atoms with Crippen molar-refractivity contribution in [3.05, 3.63) is 23.9 Å². The number of guanidine groups is 1. The van der Waals surface area contributed by atoms with Gasteiger partial charge < -0.3 is 15.5 Å². The molecule has 0 atom stereocenters. The van der Waals surface area contributed by atoms with Gasteiger partial charge in [-0.15, -0.1) is 24.0 Å². The molecule has 0 bridgehead atoms. The zero-order chi connectivity index (χ0) is 13.0. The van der Waals surface area contributed by atoms with E-state index >= 15 is 0 Å². The highest BCUT2D eigenvalue weighted by Gasteiger charge is 2.21. The van der Waals surface area contributed by atoms with Gasteiger partial charge in [0.15, 0.2) is 5.96 Å². The van der Waals surface area contributed by atoms with Crippen molar-refractivity contribution in [2.24, 2.45) is 4.99 Å². The highest BCUT2D eigenvalue weighted by Crippen LogP contribution is 2.18. The molecule has 2 N–H and O–H groups in total. The molecule has 1 saturated carbocycles. The van der Waals surface area contributed by atoms with Crippen molar-refractivity contribution < 1.29 is 0 Å². The molecule has 1 fully saturated rings. The quantitative estimate of drug-likeness (QED) is 0.477. The standard InChI is InChI=1S/C13H21N5.HI/c1-14-13(17-11-4-5-11)16-9-10-6-7-15-12(8-10)18(2)3;/h6-8,11H,4-5,9H2,1-3H3,(H2,14,16,17);1H. The second kappa shape index (κ2) is 7.52. The molecule has 1 aliphatic rings. The number of pyridine rings is 1. The molecule has 1 aromatic heterocycles. The normalized spacial score (nSPS) is 14.6. The number of halogens is 1. The summed E-state index contributed by atoms with van der Waals surface area (Å²) in [4.78, 5) is 10.5. The average molecular weight is 375 g/mol. The van der Waals surface area contributed by atoms with E-state index in [1.165, 1.54) is 18.4 Å². The van der Waals surface area contributed by atoms with E-state index in [4.69, 9.17) is 0 Å². The van der Waals surface area contributed by atoms with Crippen molar-refractivity contribution in [3.63, 3.8) is 0 Å². The monoisotopic (exact) mass is 375 g/mol. The summed E-state index contributed by atoms with van der Waals surface area (Å²) in [6.45, 7) is 0.760.